The van der Waals surface area contributed by atoms with Crippen molar-refractivity contribution in [2.75, 3.05) is 0 Å². The Kier molecular flexibility index (Phi) is 5.37. The Labute approximate surface area is 128 Å². The van der Waals surface area contributed by atoms with Gasteiger partial charge in [-0.1, -0.05) is 27.2 Å². The van der Waals surface area contributed by atoms with Gasteiger partial charge in [-0.2, -0.15) is 0 Å². The van der Waals surface area contributed by atoms with Crippen molar-refractivity contribution in [3.8, 4) is 0 Å². The van der Waals surface area contributed by atoms with Gasteiger partial charge in [0.05, 0.1) is 11.9 Å². The minimum atomic E-state index is -0.270. The van der Waals surface area contributed by atoms with Gasteiger partial charge in [0.15, 0.2) is 0 Å². The van der Waals surface area contributed by atoms with E-state index in [-0.39, 0.29) is 11.9 Å². The van der Waals surface area contributed by atoms with Crippen LogP contribution in [0.2, 0.25) is 0 Å². The third-order valence-electron chi connectivity index (χ3n) is 5.42. The number of hydrogen-bond donors (Lipinski definition) is 1. The molecule has 0 radical (unpaired) electrons. The lowest BCUT2D eigenvalue weighted by atomic mass is 9.69. The van der Waals surface area contributed by atoms with Crippen LogP contribution in [0.15, 0.2) is 18.3 Å². The maximum Gasteiger partial charge on any atom is 0.141 e. The highest BCUT2D eigenvalue weighted by molar-refractivity contribution is 5.09. The smallest absolute Gasteiger partial charge is 0.141 e. The van der Waals surface area contributed by atoms with Crippen molar-refractivity contribution in [3.63, 3.8) is 0 Å². The maximum absolute atomic E-state index is 12.9. The molecule has 0 spiro atoms. The first-order chi connectivity index (χ1) is 9.92. The number of hydrogen-bond acceptors (Lipinski definition) is 2. The van der Waals surface area contributed by atoms with Crippen molar-refractivity contribution < 1.29 is 4.39 Å². The lowest BCUT2D eigenvalue weighted by Crippen LogP contribution is -2.38. The van der Waals surface area contributed by atoms with E-state index >= 15 is 0 Å². The Balaban J connectivity index is 1.84. The van der Waals surface area contributed by atoms with Crippen LogP contribution in [0.3, 0.4) is 0 Å². The fraction of sp³-hybridized carbons (Fsp3) is 0.722. The lowest BCUT2D eigenvalue weighted by Gasteiger charge is -2.39. The standard InChI is InChI=1S/C18H29FN2/c1-5-18(3,4)14-6-9-16(10-7-14)21-13(2)17-11-8-15(19)12-20-17/h8,11-14,16,21H,5-7,9-10H2,1-4H3. The van der Waals surface area contributed by atoms with Gasteiger partial charge in [-0.15, -0.1) is 0 Å². The number of pyridine rings is 1. The molecule has 0 bridgehead atoms. The van der Waals surface area contributed by atoms with Gasteiger partial charge >= 0.3 is 0 Å². The van der Waals surface area contributed by atoms with Crippen molar-refractivity contribution in [3.05, 3.63) is 29.8 Å². The number of nitrogens with one attached hydrogen (secondary N) is 1. The van der Waals surface area contributed by atoms with Gasteiger partial charge in [-0.05, 0) is 56.1 Å². The average molecular weight is 292 g/mol. The molecule has 2 nitrogen and oxygen atoms in total. The fourth-order valence-corrected chi connectivity index (χ4v) is 3.41. The SMILES string of the molecule is CCC(C)(C)C1CCC(NC(C)c2ccc(F)cn2)CC1. The molecule has 3 heteroatoms. The van der Waals surface area contributed by atoms with E-state index in [1.807, 2.05) is 0 Å². The lowest BCUT2D eigenvalue weighted by molar-refractivity contribution is 0.134. The summed E-state index contributed by atoms with van der Waals surface area (Å²) in [5.74, 6) is 0.577. The second-order valence-corrected chi connectivity index (χ2v) is 7.18. The van der Waals surface area contributed by atoms with E-state index in [2.05, 4.69) is 38.0 Å². The molecular formula is C18H29FN2. The molecular weight excluding hydrogens is 263 g/mol. The molecule has 1 heterocycles. The van der Waals surface area contributed by atoms with E-state index < -0.39 is 0 Å². The summed E-state index contributed by atoms with van der Waals surface area (Å²) in [4.78, 5) is 4.17. The highest BCUT2D eigenvalue weighted by Crippen LogP contribution is 2.40. The van der Waals surface area contributed by atoms with E-state index in [0.717, 1.165) is 11.6 Å². The molecule has 1 N–H and O–H groups in total. The number of halogens is 1. The molecule has 1 aromatic rings. The van der Waals surface area contributed by atoms with E-state index in [1.54, 1.807) is 6.07 Å². The van der Waals surface area contributed by atoms with Gasteiger partial charge in [0, 0.05) is 12.1 Å². The first kappa shape index (κ1) is 16.4. The first-order valence-corrected chi connectivity index (χ1v) is 8.30. The van der Waals surface area contributed by atoms with Crippen molar-refractivity contribution in [2.45, 2.75) is 71.9 Å². The predicted molar refractivity (Wildman–Crippen MR) is 85.6 cm³/mol. The molecule has 2 rings (SSSR count). The maximum atomic E-state index is 12.9. The van der Waals surface area contributed by atoms with Crippen LogP contribution in [0.5, 0.6) is 0 Å². The molecule has 1 saturated carbocycles. The Bertz CT molecular complexity index is 433. The van der Waals surface area contributed by atoms with Crippen LogP contribution in [0, 0.1) is 17.2 Å². The summed E-state index contributed by atoms with van der Waals surface area (Å²) in [6.07, 6.45) is 7.64. The van der Waals surface area contributed by atoms with Gasteiger partial charge in [0.25, 0.3) is 0 Å². The average Bonchev–Trinajstić information content (AvgIpc) is 2.48. The van der Waals surface area contributed by atoms with E-state index in [4.69, 9.17) is 0 Å². The molecule has 118 valence electrons. The molecule has 1 unspecified atom stereocenters. The summed E-state index contributed by atoms with van der Waals surface area (Å²) in [6, 6.07) is 4.02. The molecule has 0 aromatic carbocycles. The molecule has 0 amide bonds. The fourth-order valence-electron chi connectivity index (χ4n) is 3.41. The highest BCUT2D eigenvalue weighted by atomic mass is 19.1. The molecule has 0 aliphatic heterocycles. The normalized spacial score (nSPS) is 24.8. The zero-order valence-corrected chi connectivity index (χ0v) is 13.8. The van der Waals surface area contributed by atoms with Gasteiger partial charge in [-0.25, -0.2) is 4.39 Å². The van der Waals surface area contributed by atoms with Crippen molar-refractivity contribution in [2.24, 2.45) is 11.3 Å². The molecule has 0 saturated heterocycles. The van der Waals surface area contributed by atoms with Crippen molar-refractivity contribution in [1.82, 2.24) is 10.3 Å². The van der Waals surface area contributed by atoms with E-state index in [9.17, 15) is 4.39 Å². The Morgan fingerprint density at radius 2 is 1.95 bits per heavy atom. The summed E-state index contributed by atoms with van der Waals surface area (Å²) in [5.41, 5.74) is 1.39. The summed E-state index contributed by atoms with van der Waals surface area (Å²) in [5, 5.41) is 3.66. The first-order valence-electron chi connectivity index (χ1n) is 8.30. The monoisotopic (exact) mass is 292 g/mol. The topological polar surface area (TPSA) is 24.9 Å². The van der Waals surface area contributed by atoms with Gasteiger partial charge in [0.2, 0.25) is 0 Å². The molecule has 21 heavy (non-hydrogen) atoms. The third kappa shape index (κ3) is 4.26. The highest BCUT2D eigenvalue weighted by Gasteiger charge is 2.32. The summed E-state index contributed by atoms with van der Waals surface area (Å²) < 4.78 is 12.9. The Hall–Kier alpha value is -0.960. The van der Waals surface area contributed by atoms with E-state index in [0.29, 0.717) is 11.5 Å². The quantitative estimate of drug-likeness (QED) is 0.837. The summed E-state index contributed by atoms with van der Waals surface area (Å²) in [7, 11) is 0. The van der Waals surface area contributed by atoms with Crippen LogP contribution < -0.4 is 5.32 Å². The zero-order valence-electron chi connectivity index (χ0n) is 13.8. The molecule has 1 aliphatic carbocycles. The molecule has 1 aliphatic rings. The van der Waals surface area contributed by atoms with Crippen molar-refractivity contribution >= 4 is 0 Å². The number of rotatable bonds is 5. The van der Waals surface area contributed by atoms with Crippen LogP contribution in [0.25, 0.3) is 0 Å². The predicted octanol–water partition coefficient (Wildman–Crippen LogP) is 4.87. The minimum absolute atomic E-state index is 0.186. The third-order valence-corrected chi connectivity index (χ3v) is 5.42. The molecule has 1 aromatic heterocycles. The van der Waals surface area contributed by atoms with Crippen LogP contribution in [-0.4, -0.2) is 11.0 Å². The summed E-state index contributed by atoms with van der Waals surface area (Å²) in [6.45, 7) is 9.21. The van der Waals surface area contributed by atoms with Crippen LogP contribution in [0.4, 0.5) is 4.39 Å². The van der Waals surface area contributed by atoms with Crippen molar-refractivity contribution in [1.29, 1.82) is 0 Å². The Morgan fingerprint density at radius 3 is 2.48 bits per heavy atom. The van der Waals surface area contributed by atoms with Crippen LogP contribution in [-0.2, 0) is 0 Å². The second-order valence-electron chi connectivity index (χ2n) is 7.18. The van der Waals surface area contributed by atoms with Crippen LogP contribution in [0.1, 0.15) is 71.5 Å². The van der Waals surface area contributed by atoms with Gasteiger partial charge in [0.1, 0.15) is 5.82 Å². The zero-order chi connectivity index (χ0) is 15.5. The Morgan fingerprint density at radius 1 is 1.29 bits per heavy atom. The largest absolute Gasteiger partial charge is 0.306 e. The number of aromatic nitrogens is 1. The second kappa shape index (κ2) is 6.87. The molecule has 1 atom stereocenters. The van der Waals surface area contributed by atoms with E-state index in [1.165, 1.54) is 44.4 Å². The number of nitrogens with zero attached hydrogens (tertiary/aromatic N) is 1. The molecule has 1 fully saturated rings. The summed E-state index contributed by atoms with van der Waals surface area (Å²) >= 11 is 0. The minimum Gasteiger partial charge on any atom is -0.306 e. The van der Waals surface area contributed by atoms with Gasteiger partial charge < -0.3 is 5.32 Å². The van der Waals surface area contributed by atoms with Crippen LogP contribution >= 0.6 is 0 Å². The van der Waals surface area contributed by atoms with Gasteiger partial charge in [-0.3, -0.25) is 4.98 Å².